The molecule has 0 bridgehead atoms. The van der Waals surface area contributed by atoms with Crippen LogP contribution in [0.5, 0.6) is 17.2 Å². The van der Waals surface area contributed by atoms with Gasteiger partial charge in [-0.15, -0.1) is 0 Å². The third kappa shape index (κ3) is 4.27. The topological polar surface area (TPSA) is 51.8 Å². The van der Waals surface area contributed by atoms with E-state index in [1.807, 2.05) is 48.5 Å². The predicted molar refractivity (Wildman–Crippen MR) is 123 cm³/mol. The van der Waals surface area contributed by atoms with E-state index in [0.717, 1.165) is 39.6 Å². The largest absolute Gasteiger partial charge is 0.497 e. The summed E-state index contributed by atoms with van der Waals surface area (Å²) in [5.74, 6) is 2.49. The van der Waals surface area contributed by atoms with Crippen LogP contribution in [-0.4, -0.2) is 21.3 Å². The molecule has 5 nitrogen and oxygen atoms in total. The molecule has 5 heteroatoms. The number of hydrogen-bond donors (Lipinski definition) is 2. The second-order valence-corrected chi connectivity index (χ2v) is 7.22. The molecular weight excluding hydrogens is 388 g/mol. The standard InChI is InChI=1S/C26H26N2O3/c1-29-23-12-5-19(6-13-23)4-11-22-18-26(28-27-22,20-7-14-24(30-2)15-8-20)21-9-16-25(31-3)17-10-21/h4-18,27-28H,1-3H3. The normalized spacial score (nSPS) is 14.7. The van der Waals surface area contributed by atoms with E-state index in [-0.39, 0.29) is 0 Å². The van der Waals surface area contributed by atoms with Crippen LogP contribution in [-0.2, 0) is 5.54 Å². The SMILES string of the molecule is COc1ccc(C=CC2=CC(c3ccc(OC)cc3)(c3ccc(OC)cc3)NN2)cc1. The minimum absolute atomic E-state index is 0.530. The number of benzene rings is 3. The fourth-order valence-corrected chi connectivity index (χ4v) is 3.65. The Labute approximate surface area is 182 Å². The summed E-state index contributed by atoms with van der Waals surface area (Å²) in [6.45, 7) is 0. The van der Waals surface area contributed by atoms with Crippen LogP contribution < -0.4 is 25.1 Å². The molecule has 0 aromatic heterocycles. The van der Waals surface area contributed by atoms with Crippen molar-refractivity contribution in [1.29, 1.82) is 0 Å². The van der Waals surface area contributed by atoms with Crippen molar-refractivity contribution < 1.29 is 14.2 Å². The summed E-state index contributed by atoms with van der Waals surface area (Å²) in [6, 6.07) is 24.1. The van der Waals surface area contributed by atoms with E-state index in [4.69, 9.17) is 14.2 Å². The van der Waals surface area contributed by atoms with Gasteiger partial charge in [0.1, 0.15) is 22.8 Å². The van der Waals surface area contributed by atoms with Crippen molar-refractivity contribution >= 4 is 6.08 Å². The Balaban J connectivity index is 1.69. The molecule has 0 unspecified atom stereocenters. The van der Waals surface area contributed by atoms with Crippen LogP contribution in [0.3, 0.4) is 0 Å². The van der Waals surface area contributed by atoms with Crippen molar-refractivity contribution in [2.24, 2.45) is 0 Å². The van der Waals surface area contributed by atoms with Crippen molar-refractivity contribution in [1.82, 2.24) is 10.9 Å². The lowest BCUT2D eigenvalue weighted by molar-refractivity contribution is 0.412. The Morgan fingerprint density at radius 1 is 0.613 bits per heavy atom. The Morgan fingerprint density at radius 2 is 1.06 bits per heavy atom. The highest BCUT2D eigenvalue weighted by Gasteiger charge is 2.36. The number of methoxy groups -OCH3 is 3. The Kier molecular flexibility index (Phi) is 5.96. The van der Waals surface area contributed by atoms with Gasteiger partial charge in [0.25, 0.3) is 0 Å². The van der Waals surface area contributed by atoms with Gasteiger partial charge in [0.15, 0.2) is 0 Å². The van der Waals surface area contributed by atoms with Gasteiger partial charge in [-0.05, 0) is 65.2 Å². The third-order valence-corrected chi connectivity index (χ3v) is 5.44. The second kappa shape index (κ2) is 8.98. The zero-order valence-corrected chi connectivity index (χ0v) is 17.9. The first kappa shape index (κ1) is 20.6. The van der Waals surface area contributed by atoms with Crippen molar-refractivity contribution in [2.75, 3.05) is 21.3 Å². The molecule has 0 atom stereocenters. The van der Waals surface area contributed by atoms with Crippen molar-refractivity contribution in [3.05, 3.63) is 107 Å². The summed E-state index contributed by atoms with van der Waals surface area (Å²) in [5, 5.41) is 0. The Hall–Kier alpha value is -3.70. The molecule has 1 heterocycles. The molecule has 0 spiro atoms. The summed E-state index contributed by atoms with van der Waals surface area (Å²) in [6.07, 6.45) is 6.32. The number of allylic oxidation sites excluding steroid dienone is 1. The van der Waals surface area contributed by atoms with Gasteiger partial charge in [-0.3, -0.25) is 0 Å². The lowest BCUT2D eigenvalue weighted by Gasteiger charge is -2.29. The van der Waals surface area contributed by atoms with Crippen molar-refractivity contribution in [2.45, 2.75) is 5.54 Å². The van der Waals surface area contributed by atoms with Gasteiger partial charge in [0.05, 0.1) is 21.3 Å². The third-order valence-electron chi connectivity index (χ3n) is 5.44. The van der Waals surface area contributed by atoms with Crippen LogP contribution >= 0.6 is 0 Å². The van der Waals surface area contributed by atoms with E-state index in [9.17, 15) is 0 Å². The summed E-state index contributed by atoms with van der Waals surface area (Å²) in [5.41, 5.74) is 10.5. The molecule has 1 aliphatic heterocycles. The summed E-state index contributed by atoms with van der Waals surface area (Å²) >= 11 is 0. The summed E-state index contributed by atoms with van der Waals surface area (Å²) in [7, 11) is 5.01. The van der Waals surface area contributed by atoms with Crippen molar-refractivity contribution in [3.8, 4) is 17.2 Å². The number of nitrogens with one attached hydrogen (secondary N) is 2. The molecule has 2 N–H and O–H groups in total. The maximum Gasteiger partial charge on any atom is 0.118 e. The first-order chi connectivity index (χ1) is 15.2. The summed E-state index contributed by atoms with van der Waals surface area (Å²) in [4.78, 5) is 0. The maximum atomic E-state index is 5.34. The number of hydrazine groups is 1. The molecule has 158 valence electrons. The Morgan fingerprint density at radius 3 is 1.52 bits per heavy atom. The van der Waals surface area contributed by atoms with E-state index >= 15 is 0 Å². The van der Waals surface area contributed by atoms with Crippen LogP contribution in [0.2, 0.25) is 0 Å². The van der Waals surface area contributed by atoms with Gasteiger partial charge >= 0.3 is 0 Å². The van der Waals surface area contributed by atoms with E-state index in [2.05, 4.69) is 53.3 Å². The minimum Gasteiger partial charge on any atom is -0.497 e. The molecule has 0 saturated heterocycles. The fourth-order valence-electron chi connectivity index (χ4n) is 3.65. The van der Waals surface area contributed by atoms with E-state index < -0.39 is 5.54 Å². The highest BCUT2D eigenvalue weighted by molar-refractivity contribution is 5.56. The van der Waals surface area contributed by atoms with Gasteiger partial charge in [0, 0.05) is 5.70 Å². The van der Waals surface area contributed by atoms with Gasteiger partial charge < -0.3 is 19.6 Å². The average Bonchev–Trinajstić information content (AvgIpc) is 3.28. The zero-order valence-electron chi connectivity index (χ0n) is 17.9. The smallest absolute Gasteiger partial charge is 0.118 e. The van der Waals surface area contributed by atoms with Gasteiger partial charge in [0.2, 0.25) is 0 Å². The van der Waals surface area contributed by atoms with E-state index in [1.165, 1.54) is 0 Å². The number of rotatable bonds is 7. The van der Waals surface area contributed by atoms with Gasteiger partial charge in [-0.1, -0.05) is 42.5 Å². The molecule has 3 aromatic rings. The molecule has 0 aliphatic carbocycles. The molecular formula is C26H26N2O3. The minimum atomic E-state index is -0.530. The molecule has 0 amide bonds. The zero-order chi connectivity index (χ0) is 21.7. The quantitative estimate of drug-likeness (QED) is 0.589. The second-order valence-electron chi connectivity index (χ2n) is 7.22. The lowest BCUT2D eigenvalue weighted by Crippen LogP contribution is -2.43. The molecule has 31 heavy (non-hydrogen) atoms. The molecule has 0 fully saturated rings. The highest BCUT2D eigenvalue weighted by atomic mass is 16.5. The van der Waals surface area contributed by atoms with Crippen LogP contribution in [0.25, 0.3) is 6.08 Å². The molecule has 0 saturated carbocycles. The number of ether oxygens (including phenoxy) is 3. The van der Waals surface area contributed by atoms with Gasteiger partial charge in [-0.2, -0.15) is 0 Å². The van der Waals surface area contributed by atoms with E-state index in [0.29, 0.717) is 0 Å². The first-order valence-corrected chi connectivity index (χ1v) is 10.0. The van der Waals surface area contributed by atoms with Crippen LogP contribution in [0.4, 0.5) is 0 Å². The number of hydrogen-bond acceptors (Lipinski definition) is 5. The van der Waals surface area contributed by atoms with Gasteiger partial charge in [-0.25, -0.2) is 5.43 Å². The van der Waals surface area contributed by atoms with Crippen LogP contribution in [0.1, 0.15) is 16.7 Å². The highest BCUT2D eigenvalue weighted by Crippen LogP contribution is 2.36. The lowest BCUT2D eigenvalue weighted by atomic mass is 9.83. The molecule has 0 radical (unpaired) electrons. The average molecular weight is 415 g/mol. The molecule has 3 aromatic carbocycles. The monoisotopic (exact) mass is 414 g/mol. The first-order valence-electron chi connectivity index (χ1n) is 10.0. The van der Waals surface area contributed by atoms with Crippen molar-refractivity contribution in [3.63, 3.8) is 0 Å². The maximum absolute atomic E-state index is 5.34. The molecule has 1 aliphatic rings. The Bertz CT molecular complexity index is 1020. The van der Waals surface area contributed by atoms with Crippen LogP contribution in [0.15, 0.2) is 90.6 Å². The predicted octanol–water partition coefficient (Wildman–Crippen LogP) is 4.66. The van der Waals surface area contributed by atoms with Crippen LogP contribution in [0, 0.1) is 0 Å². The summed E-state index contributed by atoms with van der Waals surface area (Å²) < 4.78 is 15.9. The van der Waals surface area contributed by atoms with E-state index in [1.54, 1.807) is 21.3 Å². The molecule has 4 rings (SSSR count). The fraction of sp³-hybridized carbons (Fsp3) is 0.154.